The third-order valence-corrected chi connectivity index (χ3v) is 2.06. The van der Waals surface area contributed by atoms with Gasteiger partial charge in [-0.1, -0.05) is 6.42 Å². The minimum absolute atomic E-state index is 0. The molecule has 11 heavy (non-hydrogen) atoms. The molecule has 0 aromatic rings. The summed E-state index contributed by atoms with van der Waals surface area (Å²) in [6, 6.07) is 0.120. The van der Waals surface area contributed by atoms with Crippen LogP contribution in [0.1, 0.15) is 25.7 Å². The summed E-state index contributed by atoms with van der Waals surface area (Å²) in [5.41, 5.74) is 5.60. The summed E-state index contributed by atoms with van der Waals surface area (Å²) in [4.78, 5) is 10.4. The van der Waals surface area contributed by atoms with Crippen LogP contribution < -0.4 is 5.73 Å². The van der Waals surface area contributed by atoms with Gasteiger partial charge in [-0.15, -0.1) is 12.4 Å². The van der Waals surface area contributed by atoms with Gasteiger partial charge in [-0.3, -0.25) is 4.79 Å². The smallest absolute Gasteiger partial charge is 0.306 e. The Hall–Kier alpha value is -0.280. The second-order valence-electron chi connectivity index (χ2n) is 2.96. The molecule has 3 N–H and O–H groups in total. The zero-order chi connectivity index (χ0) is 7.56. The Morgan fingerprint density at radius 3 is 2.45 bits per heavy atom. The lowest BCUT2D eigenvalue weighted by molar-refractivity contribution is -0.142. The molecule has 0 amide bonds. The van der Waals surface area contributed by atoms with E-state index < -0.39 is 5.97 Å². The Bertz CT molecular complexity index is 140. The standard InChI is InChI=1S/C7H13NO2.ClH/c8-6-3-1-2-5(4-6)7(9)10;/h5-6H,1-4,8H2,(H,9,10);1H/t5-,6-;/m0./s1. The topological polar surface area (TPSA) is 63.3 Å². The van der Waals surface area contributed by atoms with Crippen molar-refractivity contribution in [2.75, 3.05) is 0 Å². The maximum absolute atomic E-state index is 10.4. The first-order chi connectivity index (χ1) is 4.70. The highest BCUT2D eigenvalue weighted by Gasteiger charge is 2.24. The van der Waals surface area contributed by atoms with E-state index in [2.05, 4.69) is 0 Å². The van der Waals surface area contributed by atoms with E-state index >= 15 is 0 Å². The van der Waals surface area contributed by atoms with Crippen LogP contribution in [0.4, 0.5) is 0 Å². The monoisotopic (exact) mass is 179 g/mol. The third kappa shape index (κ3) is 3.08. The van der Waals surface area contributed by atoms with E-state index in [4.69, 9.17) is 10.8 Å². The molecule has 1 fully saturated rings. The number of hydrogen-bond acceptors (Lipinski definition) is 2. The Morgan fingerprint density at radius 2 is 2.09 bits per heavy atom. The molecule has 3 nitrogen and oxygen atoms in total. The lowest BCUT2D eigenvalue weighted by Gasteiger charge is -2.22. The van der Waals surface area contributed by atoms with E-state index in [1.54, 1.807) is 0 Å². The summed E-state index contributed by atoms with van der Waals surface area (Å²) in [5, 5.41) is 8.60. The first-order valence-corrected chi connectivity index (χ1v) is 3.68. The molecule has 0 radical (unpaired) electrons. The summed E-state index contributed by atoms with van der Waals surface area (Å²) in [6.07, 6.45) is 3.43. The van der Waals surface area contributed by atoms with Crippen LogP contribution in [0.3, 0.4) is 0 Å². The van der Waals surface area contributed by atoms with Crippen molar-refractivity contribution < 1.29 is 9.90 Å². The molecule has 0 aromatic heterocycles. The quantitative estimate of drug-likeness (QED) is 0.632. The fourth-order valence-corrected chi connectivity index (χ4v) is 1.45. The number of carboxylic acid groups (broad SMARTS) is 1. The number of carbonyl (C=O) groups is 1. The largest absolute Gasteiger partial charge is 0.481 e. The maximum Gasteiger partial charge on any atom is 0.306 e. The highest BCUT2D eigenvalue weighted by molar-refractivity contribution is 5.85. The molecule has 0 spiro atoms. The van der Waals surface area contributed by atoms with Gasteiger partial charge in [-0.2, -0.15) is 0 Å². The van der Waals surface area contributed by atoms with E-state index in [-0.39, 0.29) is 24.4 Å². The molecule has 0 saturated heterocycles. The molecule has 66 valence electrons. The summed E-state index contributed by atoms with van der Waals surface area (Å²) in [5.74, 6) is -0.862. The number of nitrogens with two attached hydrogens (primary N) is 1. The first kappa shape index (κ1) is 10.7. The van der Waals surface area contributed by atoms with Crippen LogP contribution in [0.25, 0.3) is 0 Å². The van der Waals surface area contributed by atoms with Gasteiger partial charge in [0, 0.05) is 6.04 Å². The number of hydrogen-bond donors (Lipinski definition) is 2. The molecule has 4 heteroatoms. The van der Waals surface area contributed by atoms with Gasteiger partial charge in [0.25, 0.3) is 0 Å². The van der Waals surface area contributed by atoms with Crippen molar-refractivity contribution in [3.8, 4) is 0 Å². The molecular weight excluding hydrogens is 166 g/mol. The van der Waals surface area contributed by atoms with Gasteiger partial charge in [0.05, 0.1) is 5.92 Å². The van der Waals surface area contributed by atoms with Gasteiger partial charge in [0.2, 0.25) is 0 Å². The molecular formula is C7H14ClNO2. The molecule has 2 atom stereocenters. The van der Waals surface area contributed by atoms with Crippen LogP contribution in [0, 0.1) is 5.92 Å². The number of halogens is 1. The van der Waals surface area contributed by atoms with Crippen molar-refractivity contribution in [3.63, 3.8) is 0 Å². The van der Waals surface area contributed by atoms with Crippen molar-refractivity contribution in [2.24, 2.45) is 11.7 Å². The van der Waals surface area contributed by atoms with E-state index in [1.807, 2.05) is 0 Å². The molecule has 1 saturated carbocycles. The van der Waals surface area contributed by atoms with E-state index in [0.717, 1.165) is 19.3 Å². The van der Waals surface area contributed by atoms with Crippen molar-refractivity contribution >= 4 is 18.4 Å². The van der Waals surface area contributed by atoms with E-state index in [9.17, 15) is 4.79 Å². The van der Waals surface area contributed by atoms with Crippen LogP contribution in [0.2, 0.25) is 0 Å². The molecule has 0 unspecified atom stereocenters. The molecule has 0 aliphatic heterocycles. The van der Waals surface area contributed by atoms with Gasteiger partial charge < -0.3 is 10.8 Å². The van der Waals surface area contributed by atoms with Crippen LogP contribution in [0.5, 0.6) is 0 Å². The minimum atomic E-state index is -0.685. The van der Waals surface area contributed by atoms with Crippen molar-refractivity contribution in [3.05, 3.63) is 0 Å². The van der Waals surface area contributed by atoms with Gasteiger partial charge in [0.15, 0.2) is 0 Å². The number of carboxylic acids is 1. The Labute approximate surface area is 72.4 Å². The average molecular weight is 180 g/mol. The highest BCUT2D eigenvalue weighted by Crippen LogP contribution is 2.22. The Morgan fingerprint density at radius 1 is 1.45 bits per heavy atom. The lowest BCUT2D eigenvalue weighted by Crippen LogP contribution is -2.31. The lowest BCUT2D eigenvalue weighted by atomic mass is 9.86. The van der Waals surface area contributed by atoms with E-state index in [0.29, 0.717) is 6.42 Å². The maximum atomic E-state index is 10.4. The first-order valence-electron chi connectivity index (χ1n) is 3.68. The molecule has 0 heterocycles. The third-order valence-electron chi connectivity index (χ3n) is 2.06. The fraction of sp³-hybridized carbons (Fsp3) is 0.857. The minimum Gasteiger partial charge on any atom is -0.481 e. The number of aliphatic carboxylic acids is 1. The zero-order valence-corrected chi connectivity index (χ0v) is 7.14. The summed E-state index contributed by atoms with van der Waals surface area (Å²) < 4.78 is 0. The van der Waals surface area contributed by atoms with Gasteiger partial charge in [0.1, 0.15) is 0 Å². The van der Waals surface area contributed by atoms with E-state index in [1.165, 1.54) is 0 Å². The van der Waals surface area contributed by atoms with Crippen molar-refractivity contribution in [1.29, 1.82) is 0 Å². The fourth-order valence-electron chi connectivity index (χ4n) is 1.45. The van der Waals surface area contributed by atoms with Crippen molar-refractivity contribution in [1.82, 2.24) is 0 Å². The van der Waals surface area contributed by atoms with Crippen LogP contribution in [-0.4, -0.2) is 17.1 Å². The number of rotatable bonds is 1. The van der Waals surface area contributed by atoms with Gasteiger partial charge in [-0.05, 0) is 19.3 Å². The van der Waals surface area contributed by atoms with Crippen LogP contribution in [0.15, 0.2) is 0 Å². The normalized spacial score (nSPS) is 30.6. The summed E-state index contributed by atoms with van der Waals surface area (Å²) >= 11 is 0. The molecule has 1 aliphatic carbocycles. The molecule has 1 aliphatic rings. The zero-order valence-electron chi connectivity index (χ0n) is 6.32. The van der Waals surface area contributed by atoms with Crippen LogP contribution in [-0.2, 0) is 4.79 Å². The second kappa shape index (κ2) is 4.57. The SMILES string of the molecule is Cl.N[C@H]1CCC[C@H](C(=O)O)C1. The highest BCUT2D eigenvalue weighted by atomic mass is 35.5. The van der Waals surface area contributed by atoms with Gasteiger partial charge >= 0.3 is 5.97 Å². The molecule has 0 bridgehead atoms. The predicted molar refractivity (Wildman–Crippen MR) is 44.8 cm³/mol. The Kier molecular flexibility index (Phi) is 4.45. The molecule has 1 rings (SSSR count). The van der Waals surface area contributed by atoms with Gasteiger partial charge in [-0.25, -0.2) is 0 Å². The summed E-state index contributed by atoms with van der Waals surface area (Å²) in [6.45, 7) is 0. The summed E-state index contributed by atoms with van der Waals surface area (Å²) in [7, 11) is 0. The molecule has 0 aromatic carbocycles. The average Bonchev–Trinajstić information content (AvgIpc) is 1.88. The predicted octanol–water partition coefficient (Wildman–Crippen LogP) is 1.01. The Balaban J connectivity index is 0.000001000. The van der Waals surface area contributed by atoms with Crippen molar-refractivity contribution in [2.45, 2.75) is 31.7 Å². The second-order valence-corrected chi connectivity index (χ2v) is 2.96. The van der Waals surface area contributed by atoms with Crippen LogP contribution >= 0.6 is 12.4 Å².